The largest absolute Gasteiger partial charge is 0.484 e. The second-order valence-corrected chi connectivity index (χ2v) is 5.69. The van der Waals surface area contributed by atoms with Gasteiger partial charge in [0, 0.05) is 0 Å². The lowest BCUT2D eigenvalue weighted by Crippen LogP contribution is -2.38. The molecule has 2 rings (SSSR count). The Balaban J connectivity index is 1.83. The van der Waals surface area contributed by atoms with Gasteiger partial charge in [-0.2, -0.15) is 10.2 Å². The number of hydrogen-bond acceptors (Lipinski definition) is 4. The zero-order valence-electron chi connectivity index (χ0n) is 12.0. The van der Waals surface area contributed by atoms with Gasteiger partial charge in [-0.3, -0.25) is 4.79 Å². The molecular formula is C15H19N3O2. The number of hydrogen-bond donors (Lipinski definition) is 1. The van der Waals surface area contributed by atoms with E-state index in [9.17, 15) is 4.79 Å². The molecule has 20 heavy (non-hydrogen) atoms. The molecule has 1 heterocycles. The van der Waals surface area contributed by atoms with Gasteiger partial charge < -0.3 is 10.1 Å². The molecule has 0 unspecified atom stereocenters. The van der Waals surface area contributed by atoms with E-state index in [0.29, 0.717) is 5.75 Å². The van der Waals surface area contributed by atoms with E-state index in [2.05, 4.69) is 36.3 Å². The highest BCUT2D eigenvalue weighted by atomic mass is 16.5. The van der Waals surface area contributed by atoms with E-state index in [-0.39, 0.29) is 24.0 Å². The first-order chi connectivity index (χ1) is 9.45. The molecule has 0 aromatic heterocycles. The zero-order chi connectivity index (χ0) is 14.6. The van der Waals surface area contributed by atoms with Crippen molar-refractivity contribution in [2.75, 3.05) is 6.61 Å². The monoisotopic (exact) mass is 273 g/mol. The Hall–Kier alpha value is -2.17. The van der Waals surface area contributed by atoms with Crippen LogP contribution in [0.3, 0.4) is 0 Å². The molecule has 0 fully saturated rings. The molecule has 0 aliphatic carbocycles. The van der Waals surface area contributed by atoms with Gasteiger partial charge in [0.25, 0.3) is 5.91 Å². The van der Waals surface area contributed by atoms with Gasteiger partial charge in [-0.15, -0.1) is 0 Å². The summed E-state index contributed by atoms with van der Waals surface area (Å²) in [4.78, 5) is 11.6. The first-order valence-electron chi connectivity index (χ1n) is 6.54. The van der Waals surface area contributed by atoms with Gasteiger partial charge in [0.05, 0.1) is 12.4 Å². The molecule has 5 nitrogen and oxygen atoms in total. The summed E-state index contributed by atoms with van der Waals surface area (Å²) in [6, 6.07) is 7.57. The summed E-state index contributed by atoms with van der Waals surface area (Å²) < 4.78 is 5.44. The van der Waals surface area contributed by atoms with E-state index in [4.69, 9.17) is 4.74 Å². The van der Waals surface area contributed by atoms with Crippen LogP contribution in [0.25, 0.3) is 0 Å². The minimum Gasteiger partial charge on any atom is -0.484 e. The van der Waals surface area contributed by atoms with Crippen molar-refractivity contribution in [3.63, 3.8) is 0 Å². The Morgan fingerprint density at radius 3 is 2.35 bits per heavy atom. The van der Waals surface area contributed by atoms with Crippen LogP contribution in [-0.2, 0) is 10.2 Å². The molecule has 0 saturated heterocycles. The molecule has 106 valence electrons. The van der Waals surface area contributed by atoms with Gasteiger partial charge in [-0.1, -0.05) is 32.9 Å². The summed E-state index contributed by atoms with van der Waals surface area (Å²) >= 11 is 0. The maximum Gasteiger partial charge on any atom is 0.258 e. The zero-order valence-corrected chi connectivity index (χ0v) is 12.0. The lowest BCUT2D eigenvalue weighted by molar-refractivity contribution is -0.123. The smallest absolute Gasteiger partial charge is 0.258 e. The Bertz CT molecular complexity index is 515. The molecule has 0 saturated carbocycles. The fourth-order valence-corrected chi connectivity index (χ4v) is 1.76. The molecule has 1 aliphatic heterocycles. The van der Waals surface area contributed by atoms with Crippen molar-refractivity contribution in [1.82, 2.24) is 5.32 Å². The van der Waals surface area contributed by atoms with Gasteiger partial charge in [0.2, 0.25) is 0 Å². The summed E-state index contributed by atoms with van der Waals surface area (Å²) in [6.45, 7) is 6.44. The first kappa shape index (κ1) is 14.2. The van der Waals surface area contributed by atoms with Gasteiger partial charge >= 0.3 is 0 Å². The van der Waals surface area contributed by atoms with Crippen molar-refractivity contribution in [2.24, 2.45) is 10.2 Å². The molecule has 1 aromatic carbocycles. The third-order valence-electron chi connectivity index (χ3n) is 2.94. The molecule has 1 N–H and O–H groups in total. The predicted octanol–water partition coefficient (Wildman–Crippen LogP) is 1.92. The number of rotatable bonds is 4. The van der Waals surface area contributed by atoms with E-state index in [0.717, 1.165) is 0 Å². The fraction of sp³-hybridized carbons (Fsp3) is 0.400. The highest BCUT2D eigenvalue weighted by Gasteiger charge is 2.14. The predicted molar refractivity (Wildman–Crippen MR) is 79.6 cm³/mol. The summed E-state index contributed by atoms with van der Waals surface area (Å²) in [5.41, 5.74) is 1.34. The standard InChI is InChI=1S/C15H19N3O2/c1-15(2,3)11-4-6-13(7-5-11)20-10-14(19)18-12-8-16-17-9-12/h4-9,12H,10H2,1-3H3,(H,18,19). The normalized spacial score (nSPS) is 14.6. The van der Waals surface area contributed by atoms with Crippen LogP contribution in [0.15, 0.2) is 34.5 Å². The van der Waals surface area contributed by atoms with Crippen molar-refractivity contribution < 1.29 is 9.53 Å². The highest BCUT2D eigenvalue weighted by molar-refractivity contribution is 5.96. The van der Waals surface area contributed by atoms with Gasteiger partial charge in [0.1, 0.15) is 11.8 Å². The topological polar surface area (TPSA) is 63.0 Å². The lowest BCUT2D eigenvalue weighted by Gasteiger charge is -2.19. The average molecular weight is 273 g/mol. The van der Waals surface area contributed by atoms with Crippen molar-refractivity contribution >= 4 is 18.3 Å². The SMILES string of the molecule is CC(C)(C)c1ccc(OCC(=O)NC2C=NN=C2)cc1. The molecule has 1 aromatic rings. The molecule has 0 bridgehead atoms. The first-order valence-corrected chi connectivity index (χ1v) is 6.54. The lowest BCUT2D eigenvalue weighted by atomic mass is 9.87. The molecule has 0 atom stereocenters. The van der Waals surface area contributed by atoms with Gasteiger partial charge in [0.15, 0.2) is 6.61 Å². The average Bonchev–Trinajstić information content (AvgIpc) is 2.88. The van der Waals surface area contributed by atoms with Crippen LogP contribution < -0.4 is 10.1 Å². The number of benzene rings is 1. The molecule has 1 amide bonds. The van der Waals surface area contributed by atoms with Gasteiger partial charge in [-0.25, -0.2) is 0 Å². The number of carbonyl (C=O) groups excluding carboxylic acids is 1. The summed E-state index contributed by atoms with van der Waals surface area (Å²) in [5.74, 6) is 0.483. The van der Waals surface area contributed by atoms with Gasteiger partial charge in [-0.05, 0) is 23.1 Å². The third kappa shape index (κ3) is 3.91. The fourth-order valence-electron chi connectivity index (χ4n) is 1.76. The van der Waals surface area contributed by atoms with Crippen LogP contribution in [0, 0.1) is 0 Å². The molecular weight excluding hydrogens is 254 g/mol. The Labute approximate surface area is 118 Å². The number of ether oxygens (including phenoxy) is 1. The van der Waals surface area contributed by atoms with Crippen LogP contribution in [0.4, 0.5) is 0 Å². The summed E-state index contributed by atoms with van der Waals surface area (Å²) in [7, 11) is 0. The minimum absolute atomic E-state index is 0.0208. The quantitative estimate of drug-likeness (QED) is 0.911. The van der Waals surface area contributed by atoms with Crippen molar-refractivity contribution in [3.05, 3.63) is 29.8 Å². The van der Waals surface area contributed by atoms with E-state index in [1.165, 1.54) is 5.56 Å². The molecule has 0 radical (unpaired) electrons. The number of amides is 1. The van der Waals surface area contributed by atoms with Crippen LogP contribution in [0.2, 0.25) is 0 Å². The van der Waals surface area contributed by atoms with Crippen LogP contribution in [0.1, 0.15) is 26.3 Å². The van der Waals surface area contributed by atoms with E-state index in [1.54, 1.807) is 12.4 Å². The van der Waals surface area contributed by atoms with Crippen LogP contribution in [-0.4, -0.2) is 31.0 Å². The Kier molecular flexibility index (Phi) is 4.17. The highest BCUT2D eigenvalue weighted by Crippen LogP contribution is 2.24. The maximum absolute atomic E-state index is 11.6. The molecule has 0 spiro atoms. The van der Waals surface area contributed by atoms with Crippen LogP contribution in [0.5, 0.6) is 5.75 Å². The van der Waals surface area contributed by atoms with Crippen molar-refractivity contribution in [3.8, 4) is 5.75 Å². The number of nitrogens with one attached hydrogen (secondary N) is 1. The second kappa shape index (κ2) is 5.86. The maximum atomic E-state index is 11.6. The second-order valence-electron chi connectivity index (χ2n) is 5.69. The van der Waals surface area contributed by atoms with Crippen LogP contribution >= 0.6 is 0 Å². The van der Waals surface area contributed by atoms with E-state index in [1.807, 2.05) is 24.3 Å². The molecule has 5 heteroatoms. The minimum atomic E-state index is -0.227. The van der Waals surface area contributed by atoms with E-state index >= 15 is 0 Å². The number of nitrogens with zero attached hydrogens (tertiary/aromatic N) is 2. The summed E-state index contributed by atoms with van der Waals surface area (Å²) in [6.07, 6.45) is 3.13. The Morgan fingerprint density at radius 2 is 1.80 bits per heavy atom. The van der Waals surface area contributed by atoms with Crippen molar-refractivity contribution in [1.29, 1.82) is 0 Å². The Morgan fingerprint density at radius 1 is 1.20 bits per heavy atom. The van der Waals surface area contributed by atoms with Crippen molar-refractivity contribution in [2.45, 2.75) is 32.2 Å². The summed E-state index contributed by atoms with van der Waals surface area (Å²) in [5, 5.41) is 10.0. The third-order valence-corrected chi connectivity index (χ3v) is 2.94. The van der Waals surface area contributed by atoms with E-state index < -0.39 is 0 Å². The number of carbonyl (C=O) groups is 1. The molecule has 1 aliphatic rings.